The Kier molecular flexibility index (Phi) is 4.56. The maximum Gasteiger partial charge on any atom is 0.110 e. The topological polar surface area (TPSA) is 58.3 Å². The number of hydrogen-bond acceptors (Lipinski definition) is 3. The van der Waals surface area contributed by atoms with Crippen molar-refractivity contribution in [2.45, 2.75) is 39.2 Å². The predicted octanol–water partition coefficient (Wildman–Crippen LogP) is 2.08. The molecule has 1 aromatic heterocycles. The molecule has 104 valence electrons. The summed E-state index contributed by atoms with van der Waals surface area (Å²) in [5.74, 6) is 1.42. The molecule has 0 aliphatic heterocycles. The van der Waals surface area contributed by atoms with E-state index in [-0.39, 0.29) is 13.2 Å². The zero-order valence-electron chi connectivity index (χ0n) is 11.6. The third-order valence-electron chi connectivity index (χ3n) is 3.40. The van der Waals surface area contributed by atoms with Crippen molar-refractivity contribution >= 4 is 11.0 Å². The van der Waals surface area contributed by atoms with Crippen molar-refractivity contribution in [3.63, 3.8) is 0 Å². The summed E-state index contributed by atoms with van der Waals surface area (Å²) >= 11 is 0. The molecule has 0 unspecified atom stereocenters. The van der Waals surface area contributed by atoms with E-state index in [1.807, 2.05) is 0 Å². The fourth-order valence-corrected chi connectivity index (χ4v) is 2.33. The van der Waals surface area contributed by atoms with Gasteiger partial charge in [0, 0.05) is 19.6 Å². The van der Waals surface area contributed by atoms with E-state index >= 15 is 0 Å². The Labute approximate surface area is 113 Å². The van der Waals surface area contributed by atoms with Gasteiger partial charge in [-0.1, -0.05) is 19.9 Å². The highest BCUT2D eigenvalue weighted by Gasteiger charge is 2.11. The molecule has 0 bridgehead atoms. The molecule has 0 fully saturated rings. The van der Waals surface area contributed by atoms with Crippen LogP contribution in [0.15, 0.2) is 18.2 Å². The van der Waals surface area contributed by atoms with Crippen LogP contribution in [0.4, 0.5) is 0 Å². The van der Waals surface area contributed by atoms with E-state index in [2.05, 4.69) is 41.6 Å². The van der Waals surface area contributed by atoms with Gasteiger partial charge in [0.05, 0.1) is 17.6 Å². The van der Waals surface area contributed by atoms with E-state index in [0.29, 0.717) is 18.9 Å². The molecule has 0 amide bonds. The number of aromatic nitrogens is 2. The Balaban J connectivity index is 2.45. The van der Waals surface area contributed by atoms with Crippen LogP contribution in [0.2, 0.25) is 0 Å². The third-order valence-corrected chi connectivity index (χ3v) is 3.40. The molecular weight excluding hydrogens is 240 g/mol. The Morgan fingerprint density at radius 3 is 2.63 bits per heavy atom. The highest BCUT2D eigenvalue weighted by Crippen LogP contribution is 2.22. The van der Waals surface area contributed by atoms with Crippen LogP contribution in [0.5, 0.6) is 0 Å². The molecule has 4 heteroatoms. The van der Waals surface area contributed by atoms with Gasteiger partial charge in [-0.05, 0) is 30.0 Å². The smallest absolute Gasteiger partial charge is 0.110 e. The highest BCUT2D eigenvalue weighted by atomic mass is 16.3. The molecule has 0 aliphatic carbocycles. The average molecular weight is 262 g/mol. The first kappa shape index (κ1) is 14.0. The van der Waals surface area contributed by atoms with Crippen LogP contribution < -0.4 is 0 Å². The lowest BCUT2D eigenvalue weighted by molar-refractivity contribution is 0.272. The number of imidazole rings is 1. The summed E-state index contributed by atoms with van der Waals surface area (Å²) in [6.45, 7) is 5.15. The van der Waals surface area contributed by atoms with E-state index in [9.17, 15) is 5.11 Å². The molecular formula is C15H22N2O2. The lowest BCUT2D eigenvalue weighted by Gasteiger charge is -2.08. The molecule has 2 N–H and O–H groups in total. The second kappa shape index (κ2) is 6.17. The van der Waals surface area contributed by atoms with Gasteiger partial charge in [0.2, 0.25) is 0 Å². The van der Waals surface area contributed by atoms with Gasteiger partial charge in [-0.2, -0.15) is 0 Å². The average Bonchev–Trinajstić information content (AvgIpc) is 2.74. The van der Waals surface area contributed by atoms with Crippen molar-refractivity contribution in [2.75, 3.05) is 13.2 Å². The van der Waals surface area contributed by atoms with Crippen molar-refractivity contribution in [3.05, 3.63) is 29.6 Å². The number of hydrogen-bond donors (Lipinski definition) is 2. The van der Waals surface area contributed by atoms with Crippen LogP contribution in [0, 0.1) is 0 Å². The number of aryl methyl sites for hydroxylation is 1. The molecule has 19 heavy (non-hydrogen) atoms. The lowest BCUT2D eigenvalue weighted by Crippen LogP contribution is -2.07. The Morgan fingerprint density at radius 1 is 1.21 bits per heavy atom. The van der Waals surface area contributed by atoms with Crippen LogP contribution in [0.3, 0.4) is 0 Å². The van der Waals surface area contributed by atoms with Gasteiger partial charge in [-0.15, -0.1) is 0 Å². The summed E-state index contributed by atoms with van der Waals surface area (Å²) in [4.78, 5) is 4.65. The number of aliphatic hydroxyl groups is 2. The zero-order chi connectivity index (χ0) is 13.8. The minimum atomic E-state index is 0.101. The molecule has 1 aromatic carbocycles. The first-order chi connectivity index (χ1) is 9.17. The molecule has 0 radical (unpaired) electrons. The molecule has 4 nitrogen and oxygen atoms in total. The predicted molar refractivity (Wildman–Crippen MR) is 76.3 cm³/mol. The number of benzene rings is 1. The zero-order valence-corrected chi connectivity index (χ0v) is 11.6. The normalized spacial score (nSPS) is 11.6. The van der Waals surface area contributed by atoms with Crippen molar-refractivity contribution in [2.24, 2.45) is 0 Å². The molecule has 0 spiro atoms. The molecule has 0 saturated heterocycles. The van der Waals surface area contributed by atoms with Gasteiger partial charge in [-0.3, -0.25) is 0 Å². The van der Waals surface area contributed by atoms with E-state index < -0.39 is 0 Å². The van der Waals surface area contributed by atoms with Crippen molar-refractivity contribution in [3.8, 4) is 0 Å². The Morgan fingerprint density at radius 2 is 2.00 bits per heavy atom. The van der Waals surface area contributed by atoms with Gasteiger partial charge >= 0.3 is 0 Å². The summed E-state index contributed by atoms with van der Waals surface area (Å²) in [6.07, 6.45) is 1.44. The Hall–Kier alpha value is -1.39. The van der Waals surface area contributed by atoms with E-state index in [1.54, 1.807) is 0 Å². The highest BCUT2D eigenvalue weighted by molar-refractivity contribution is 5.77. The SMILES string of the molecule is CC(C)c1ccc2c(c1)nc(CCCO)n2CCO. The second-order valence-corrected chi connectivity index (χ2v) is 5.13. The quantitative estimate of drug-likeness (QED) is 0.838. The van der Waals surface area contributed by atoms with E-state index in [4.69, 9.17) is 5.11 Å². The number of nitrogens with zero attached hydrogens (tertiary/aromatic N) is 2. The van der Waals surface area contributed by atoms with E-state index in [0.717, 1.165) is 23.3 Å². The summed E-state index contributed by atoms with van der Waals surface area (Å²) in [5.41, 5.74) is 3.31. The molecule has 2 rings (SSSR count). The summed E-state index contributed by atoms with van der Waals surface area (Å²) < 4.78 is 2.05. The first-order valence-corrected chi connectivity index (χ1v) is 6.88. The van der Waals surface area contributed by atoms with Gasteiger partial charge in [0.25, 0.3) is 0 Å². The maximum absolute atomic E-state index is 9.19. The monoisotopic (exact) mass is 262 g/mol. The fourth-order valence-electron chi connectivity index (χ4n) is 2.33. The largest absolute Gasteiger partial charge is 0.396 e. The fraction of sp³-hybridized carbons (Fsp3) is 0.533. The van der Waals surface area contributed by atoms with E-state index in [1.165, 1.54) is 5.56 Å². The minimum absolute atomic E-state index is 0.101. The molecule has 0 aliphatic rings. The summed E-state index contributed by atoms with van der Waals surface area (Å²) in [7, 11) is 0. The Bertz CT molecular complexity index is 546. The van der Waals surface area contributed by atoms with Gasteiger partial charge in [0.15, 0.2) is 0 Å². The number of fused-ring (bicyclic) bond motifs is 1. The minimum Gasteiger partial charge on any atom is -0.396 e. The molecule has 2 aromatic rings. The summed E-state index contributed by atoms with van der Waals surface area (Å²) in [6, 6.07) is 6.32. The lowest BCUT2D eigenvalue weighted by atomic mass is 10.0. The second-order valence-electron chi connectivity index (χ2n) is 5.13. The first-order valence-electron chi connectivity index (χ1n) is 6.88. The van der Waals surface area contributed by atoms with Crippen LogP contribution in [-0.4, -0.2) is 33.0 Å². The molecule has 0 atom stereocenters. The standard InChI is InChI=1S/C15H22N2O2/c1-11(2)12-5-6-14-13(10-12)16-15(4-3-8-18)17(14)7-9-19/h5-6,10-11,18-19H,3-4,7-9H2,1-2H3. The van der Waals surface area contributed by atoms with Crippen LogP contribution in [-0.2, 0) is 13.0 Å². The number of aliphatic hydroxyl groups excluding tert-OH is 2. The molecule has 0 saturated carbocycles. The van der Waals surface area contributed by atoms with Crippen LogP contribution >= 0.6 is 0 Å². The van der Waals surface area contributed by atoms with Crippen molar-refractivity contribution in [1.29, 1.82) is 0 Å². The summed E-state index contributed by atoms with van der Waals surface area (Å²) in [5, 5.41) is 18.1. The van der Waals surface area contributed by atoms with Gasteiger partial charge in [-0.25, -0.2) is 4.98 Å². The van der Waals surface area contributed by atoms with Crippen molar-refractivity contribution in [1.82, 2.24) is 9.55 Å². The van der Waals surface area contributed by atoms with Crippen LogP contribution in [0.1, 0.15) is 37.6 Å². The van der Waals surface area contributed by atoms with Crippen molar-refractivity contribution < 1.29 is 10.2 Å². The third kappa shape index (κ3) is 2.96. The number of rotatable bonds is 6. The van der Waals surface area contributed by atoms with Gasteiger partial charge < -0.3 is 14.8 Å². The van der Waals surface area contributed by atoms with Gasteiger partial charge in [0.1, 0.15) is 5.82 Å². The van der Waals surface area contributed by atoms with Crippen LogP contribution in [0.25, 0.3) is 11.0 Å². The molecule has 1 heterocycles. The maximum atomic E-state index is 9.19.